The van der Waals surface area contributed by atoms with E-state index < -0.39 is 0 Å². The van der Waals surface area contributed by atoms with Crippen LogP contribution in [0.25, 0.3) is 11.3 Å². The largest absolute Gasteiger partial charge is 0.310 e. The van der Waals surface area contributed by atoms with Gasteiger partial charge in [0.25, 0.3) is 5.56 Å². The average Bonchev–Trinajstić information content (AvgIpc) is 2.42. The number of H-pyrrole nitrogens is 1. The van der Waals surface area contributed by atoms with E-state index in [1.807, 2.05) is 6.92 Å². The molecule has 1 fully saturated rings. The number of aromatic amines is 1. The van der Waals surface area contributed by atoms with Crippen LogP contribution < -0.4 is 5.56 Å². The first kappa shape index (κ1) is 14.1. The van der Waals surface area contributed by atoms with Gasteiger partial charge in [-0.05, 0) is 37.7 Å². The van der Waals surface area contributed by atoms with Gasteiger partial charge in [0.1, 0.15) is 5.82 Å². The molecule has 1 aromatic carbocycles. The molecular formula is C18H22N2O. The molecule has 0 saturated heterocycles. The first-order chi connectivity index (χ1) is 10.2. The predicted octanol–water partition coefficient (Wildman–Crippen LogP) is 3.97. The van der Waals surface area contributed by atoms with Gasteiger partial charge in [-0.15, -0.1) is 0 Å². The fourth-order valence-electron chi connectivity index (χ4n) is 2.87. The van der Waals surface area contributed by atoms with Crippen LogP contribution in [-0.4, -0.2) is 9.97 Å². The summed E-state index contributed by atoms with van der Waals surface area (Å²) in [6, 6.07) is 8.61. The van der Waals surface area contributed by atoms with Crippen LogP contribution in [0.3, 0.4) is 0 Å². The molecule has 0 unspecified atom stereocenters. The molecule has 1 aromatic heterocycles. The van der Waals surface area contributed by atoms with Crippen molar-refractivity contribution in [2.75, 3.05) is 0 Å². The maximum absolute atomic E-state index is 12.0. The van der Waals surface area contributed by atoms with Crippen molar-refractivity contribution in [3.63, 3.8) is 0 Å². The summed E-state index contributed by atoms with van der Waals surface area (Å²) < 4.78 is 0. The molecule has 0 aliphatic heterocycles. The van der Waals surface area contributed by atoms with Gasteiger partial charge in [-0.2, -0.15) is 0 Å². The Bertz CT molecular complexity index is 681. The molecule has 3 nitrogen and oxygen atoms in total. The highest BCUT2D eigenvalue weighted by atomic mass is 16.1. The van der Waals surface area contributed by atoms with E-state index in [1.54, 1.807) is 0 Å². The Balaban J connectivity index is 1.96. The third-order valence-corrected chi connectivity index (χ3v) is 4.45. The fourth-order valence-corrected chi connectivity index (χ4v) is 2.87. The summed E-state index contributed by atoms with van der Waals surface area (Å²) in [5.74, 6) is 1.52. The first-order valence-corrected chi connectivity index (χ1v) is 7.89. The zero-order valence-corrected chi connectivity index (χ0v) is 12.8. The highest BCUT2D eigenvalue weighted by Gasteiger charge is 2.19. The average molecular weight is 282 g/mol. The molecule has 0 atom stereocenters. The second-order valence-corrected chi connectivity index (χ2v) is 5.99. The van der Waals surface area contributed by atoms with E-state index in [0.29, 0.717) is 5.56 Å². The van der Waals surface area contributed by atoms with Crippen molar-refractivity contribution in [3.8, 4) is 11.3 Å². The van der Waals surface area contributed by atoms with Crippen molar-refractivity contribution in [3.05, 3.63) is 51.6 Å². The third-order valence-electron chi connectivity index (χ3n) is 4.45. The molecule has 2 aromatic rings. The number of aromatic nitrogens is 2. The minimum atomic E-state index is -0.0217. The molecule has 3 heteroatoms. The van der Waals surface area contributed by atoms with Crippen molar-refractivity contribution in [1.29, 1.82) is 0 Å². The van der Waals surface area contributed by atoms with Crippen molar-refractivity contribution in [2.45, 2.75) is 51.9 Å². The van der Waals surface area contributed by atoms with Crippen LogP contribution in [0.4, 0.5) is 0 Å². The zero-order chi connectivity index (χ0) is 14.8. The second kappa shape index (κ2) is 5.84. The quantitative estimate of drug-likeness (QED) is 0.922. The molecule has 0 spiro atoms. The van der Waals surface area contributed by atoms with Crippen LogP contribution in [0.2, 0.25) is 0 Å². The summed E-state index contributed by atoms with van der Waals surface area (Å²) in [4.78, 5) is 19.6. The molecule has 0 bridgehead atoms. The summed E-state index contributed by atoms with van der Waals surface area (Å²) in [5.41, 5.74) is 3.96. The van der Waals surface area contributed by atoms with Gasteiger partial charge < -0.3 is 4.98 Å². The van der Waals surface area contributed by atoms with Crippen molar-refractivity contribution in [2.24, 2.45) is 0 Å². The Morgan fingerprint density at radius 2 is 1.95 bits per heavy atom. The van der Waals surface area contributed by atoms with Crippen LogP contribution in [0, 0.1) is 6.92 Å². The molecule has 0 amide bonds. The summed E-state index contributed by atoms with van der Waals surface area (Å²) in [7, 11) is 0. The van der Waals surface area contributed by atoms with Gasteiger partial charge in [0.15, 0.2) is 0 Å². The highest BCUT2D eigenvalue weighted by molar-refractivity contribution is 5.62. The Morgan fingerprint density at radius 1 is 1.24 bits per heavy atom. The highest BCUT2D eigenvalue weighted by Crippen LogP contribution is 2.36. The van der Waals surface area contributed by atoms with E-state index in [1.165, 1.54) is 24.8 Å². The lowest BCUT2D eigenvalue weighted by atomic mass is 9.80. The Morgan fingerprint density at radius 3 is 2.52 bits per heavy atom. The van der Waals surface area contributed by atoms with E-state index in [2.05, 4.69) is 41.2 Å². The topological polar surface area (TPSA) is 45.8 Å². The molecule has 1 N–H and O–H groups in total. The van der Waals surface area contributed by atoms with Crippen molar-refractivity contribution < 1.29 is 0 Å². The molecular weight excluding hydrogens is 260 g/mol. The van der Waals surface area contributed by atoms with Gasteiger partial charge in [-0.3, -0.25) is 4.79 Å². The van der Waals surface area contributed by atoms with Crippen LogP contribution in [-0.2, 0) is 6.42 Å². The predicted molar refractivity (Wildman–Crippen MR) is 85.6 cm³/mol. The molecule has 3 rings (SSSR count). The summed E-state index contributed by atoms with van der Waals surface area (Å²) in [5, 5.41) is 0. The van der Waals surface area contributed by atoms with E-state index in [0.717, 1.165) is 35.8 Å². The molecule has 110 valence electrons. The Kier molecular flexibility index (Phi) is 3.91. The minimum absolute atomic E-state index is 0.0217. The number of nitrogens with one attached hydrogen (secondary N) is 1. The normalized spacial score (nSPS) is 15.0. The molecule has 1 aliphatic carbocycles. The van der Waals surface area contributed by atoms with Crippen LogP contribution in [0.5, 0.6) is 0 Å². The summed E-state index contributed by atoms with van der Waals surface area (Å²) >= 11 is 0. The molecule has 0 radical (unpaired) electrons. The van der Waals surface area contributed by atoms with Gasteiger partial charge in [0.2, 0.25) is 0 Å². The number of benzene rings is 1. The Labute approximate surface area is 125 Å². The van der Waals surface area contributed by atoms with E-state index in [9.17, 15) is 4.79 Å². The van der Waals surface area contributed by atoms with Crippen molar-refractivity contribution in [1.82, 2.24) is 9.97 Å². The number of hydrogen-bond donors (Lipinski definition) is 1. The van der Waals surface area contributed by atoms with Gasteiger partial charge in [-0.1, -0.05) is 37.6 Å². The van der Waals surface area contributed by atoms with Gasteiger partial charge in [0, 0.05) is 17.5 Å². The molecule has 21 heavy (non-hydrogen) atoms. The van der Waals surface area contributed by atoms with E-state index in [-0.39, 0.29) is 5.56 Å². The summed E-state index contributed by atoms with van der Waals surface area (Å²) in [6.07, 6.45) is 5.75. The monoisotopic (exact) mass is 282 g/mol. The Hall–Kier alpha value is -1.90. The maximum Gasteiger partial charge on any atom is 0.254 e. The standard InChI is InChI=1S/C18H22N2O/c1-3-5-16-19-17(12(2)18(21)20-16)15-10-8-14(9-11-15)13-6-4-7-13/h8-11,13H,3-7H2,1-2H3,(H,19,20,21). The summed E-state index contributed by atoms with van der Waals surface area (Å²) in [6.45, 7) is 3.93. The smallest absolute Gasteiger partial charge is 0.254 e. The van der Waals surface area contributed by atoms with E-state index >= 15 is 0 Å². The van der Waals surface area contributed by atoms with Crippen LogP contribution in [0.1, 0.15) is 55.5 Å². The van der Waals surface area contributed by atoms with Gasteiger partial charge >= 0.3 is 0 Å². The number of rotatable bonds is 4. The first-order valence-electron chi connectivity index (χ1n) is 7.89. The molecule has 1 aliphatic rings. The SMILES string of the molecule is CCCc1nc(-c2ccc(C3CCC3)cc2)c(C)c(=O)[nH]1. The lowest BCUT2D eigenvalue weighted by Gasteiger charge is -2.25. The molecule has 1 saturated carbocycles. The van der Waals surface area contributed by atoms with Gasteiger partial charge in [0.05, 0.1) is 5.69 Å². The number of nitrogens with zero attached hydrogens (tertiary/aromatic N) is 1. The fraction of sp³-hybridized carbons (Fsp3) is 0.444. The number of hydrogen-bond acceptors (Lipinski definition) is 2. The lowest BCUT2D eigenvalue weighted by Crippen LogP contribution is -2.16. The maximum atomic E-state index is 12.0. The second-order valence-electron chi connectivity index (χ2n) is 5.99. The lowest BCUT2D eigenvalue weighted by molar-refractivity contribution is 0.420. The zero-order valence-electron chi connectivity index (χ0n) is 12.8. The number of aryl methyl sites for hydroxylation is 1. The van der Waals surface area contributed by atoms with Crippen LogP contribution in [0.15, 0.2) is 29.1 Å². The van der Waals surface area contributed by atoms with Gasteiger partial charge in [-0.25, -0.2) is 4.98 Å². The minimum Gasteiger partial charge on any atom is -0.310 e. The van der Waals surface area contributed by atoms with Crippen LogP contribution >= 0.6 is 0 Å². The molecule has 1 heterocycles. The van der Waals surface area contributed by atoms with E-state index in [4.69, 9.17) is 0 Å². The third kappa shape index (κ3) is 2.78. The van der Waals surface area contributed by atoms with Crippen molar-refractivity contribution >= 4 is 0 Å².